The Bertz CT molecular complexity index is 738. The summed E-state index contributed by atoms with van der Waals surface area (Å²) in [6.07, 6.45) is 3.06. The van der Waals surface area contributed by atoms with E-state index in [0.717, 1.165) is 0 Å². The number of hydrogen-bond acceptors (Lipinski definition) is 3. The van der Waals surface area contributed by atoms with Crippen molar-refractivity contribution in [2.75, 3.05) is 5.32 Å². The second kappa shape index (κ2) is 6.91. The van der Waals surface area contributed by atoms with Gasteiger partial charge in [-0.05, 0) is 18.6 Å². The Morgan fingerprint density at radius 2 is 1.78 bits per heavy atom. The smallest absolute Gasteiger partial charge is 0.313 e. The molecule has 0 saturated heterocycles. The molecule has 0 saturated carbocycles. The third-order valence-electron chi connectivity index (χ3n) is 3.00. The summed E-state index contributed by atoms with van der Waals surface area (Å²) in [4.78, 5) is 27.3. The molecule has 2 rings (SSSR count). The Kier molecular flexibility index (Phi) is 4.95. The third-order valence-corrected chi connectivity index (χ3v) is 3.00. The van der Waals surface area contributed by atoms with Crippen LogP contribution >= 0.6 is 0 Å². The summed E-state index contributed by atoms with van der Waals surface area (Å²) in [5.74, 6) is -6.18. The van der Waals surface area contributed by atoms with Gasteiger partial charge in [0, 0.05) is 24.5 Å². The summed E-state index contributed by atoms with van der Waals surface area (Å²) < 4.78 is 39.3. The highest BCUT2D eigenvalue weighted by Crippen LogP contribution is 2.18. The average molecular weight is 323 g/mol. The molecule has 1 aromatic carbocycles. The molecule has 0 unspecified atom stereocenters. The zero-order chi connectivity index (χ0) is 17.0. The number of carbonyl (C=O) groups is 2. The third kappa shape index (κ3) is 4.06. The fourth-order valence-corrected chi connectivity index (χ4v) is 1.78. The number of hydrogen-bond donors (Lipinski definition) is 2. The van der Waals surface area contributed by atoms with E-state index in [1.54, 1.807) is 25.3 Å². The number of carbonyl (C=O) groups excluding carboxylic acids is 2. The Balaban J connectivity index is 2.03. The van der Waals surface area contributed by atoms with Gasteiger partial charge in [0.05, 0.1) is 11.7 Å². The van der Waals surface area contributed by atoms with Gasteiger partial charge in [0.25, 0.3) is 0 Å². The van der Waals surface area contributed by atoms with E-state index in [4.69, 9.17) is 0 Å². The summed E-state index contributed by atoms with van der Waals surface area (Å²) in [6, 6.07) is 3.58. The first-order chi connectivity index (χ1) is 10.9. The minimum absolute atomic E-state index is 0.279. The normalized spacial score (nSPS) is 11.7. The van der Waals surface area contributed by atoms with Gasteiger partial charge in [-0.3, -0.25) is 14.6 Å². The van der Waals surface area contributed by atoms with E-state index in [0.29, 0.717) is 11.6 Å². The van der Waals surface area contributed by atoms with Crippen molar-refractivity contribution in [2.45, 2.75) is 13.0 Å². The van der Waals surface area contributed by atoms with Crippen LogP contribution in [0.2, 0.25) is 0 Å². The van der Waals surface area contributed by atoms with Crippen molar-refractivity contribution in [1.29, 1.82) is 0 Å². The maximum absolute atomic E-state index is 13.4. The van der Waals surface area contributed by atoms with Crippen LogP contribution in [0.5, 0.6) is 0 Å². The van der Waals surface area contributed by atoms with Crippen LogP contribution in [0.1, 0.15) is 18.5 Å². The molecule has 1 atom stereocenters. The summed E-state index contributed by atoms with van der Waals surface area (Å²) in [5.41, 5.74) is 0.0331. The highest BCUT2D eigenvalue weighted by molar-refractivity contribution is 6.39. The number of aromatic nitrogens is 1. The van der Waals surface area contributed by atoms with E-state index in [1.165, 1.54) is 6.20 Å². The largest absolute Gasteiger partial charge is 0.341 e. The molecule has 0 fully saturated rings. The molecular weight excluding hydrogens is 311 g/mol. The van der Waals surface area contributed by atoms with Crippen molar-refractivity contribution in [2.24, 2.45) is 0 Å². The molecule has 0 aliphatic rings. The van der Waals surface area contributed by atoms with E-state index in [2.05, 4.69) is 10.3 Å². The van der Waals surface area contributed by atoms with Gasteiger partial charge in [0.2, 0.25) is 0 Å². The number of rotatable bonds is 3. The van der Waals surface area contributed by atoms with Crippen LogP contribution < -0.4 is 10.6 Å². The number of pyridine rings is 1. The van der Waals surface area contributed by atoms with Gasteiger partial charge in [-0.15, -0.1) is 0 Å². The molecule has 0 radical (unpaired) electrons. The van der Waals surface area contributed by atoms with Gasteiger partial charge in [-0.1, -0.05) is 6.07 Å². The van der Waals surface area contributed by atoms with Crippen molar-refractivity contribution >= 4 is 17.5 Å². The fourth-order valence-electron chi connectivity index (χ4n) is 1.78. The summed E-state index contributed by atoms with van der Waals surface area (Å²) in [5, 5.41) is 4.27. The van der Waals surface area contributed by atoms with Crippen LogP contribution in [-0.2, 0) is 9.59 Å². The first-order valence-corrected chi connectivity index (χ1v) is 6.55. The van der Waals surface area contributed by atoms with Crippen LogP contribution in [0.25, 0.3) is 0 Å². The molecule has 0 bridgehead atoms. The number of anilines is 1. The maximum Gasteiger partial charge on any atom is 0.313 e. The molecule has 0 aliphatic carbocycles. The number of nitrogens with zero attached hydrogens (tertiary/aromatic N) is 1. The lowest BCUT2D eigenvalue weighted by molar-refractivity contribution is -0.136. The Labute approximate surface area is 129 Å². The first kappa shape index (κ1) is 16.5. The number of benzene rings is 1. The van der Waals surface area contributed by atoms with Crippen molar-refractivity contribution < 1.29 is 22.8 Å². The summed E-state index contributed by atoms with van der Waals surface area (Å²) >= 11 is 0. The minimum atomic E-state index is -1.39. The summed E-state index contributed by atoms with van der Waals surface area (Å²) in [7, 11) is 0. The van der Waals surface area contributed by atoms with Crippen molar-refractivity contribution in [3.8, 4) is 0 Å². The molecule has 1 heterocycles. The van der Waals surface area contributed by atoms with Crippen LogP contribution in [0.3, 0.4) is 0 Å². The first-order valence-electron chi connectivity index (χ1n) is 6.55. The number of halogens is 3. The van der Waals surface area contributed by atoms with E-state index in [9.17, 15) is 22.8 Å². The van der Waals surface area contributed by atoms with E-state index >= 15 is 0 Å². The molecule has 0 spiro atoms. The lowest BCUT2D eigenvalue weighted by Crippen LogP contribution is -2.37. The molecule has 120 valence electrons. The number of amides is 2. The predicted octanol–water partition coefficient (Wildman–Crippen LogP) is 2.31. The lowest BCUT2D eigenvalue weighted by Gasteiger charge is -2.13. The van der Waals surface area contributed by atoms with Crippen molar-refractivity contribution in [3.63, 3.8) is 0 Å². The van der Waals surface area contributed by atoms with Gasteiger partial charge < -0.3 is 10.6 Å². The van der Waals surface area contributed by atoms with Gasteiger partial charge >= 0.3 is 11.8 Å². The van der Waals surface area contributed by atoms with Gasteiger partial charge in [0.15, 0.2) is 11.6 Å². The van der Waals surface area contributed by atoms with E-state index in [-0.39, 0.29) is 6.07 Å². The minimum Gasteiger partial charge on any atom is -0.341 e. The Hall–Kier alpha value is -2.90. The highest BCUT2D eigenvalue weighted by Gasteiger charge is 2.19. The van der Waals surface area contributed by atoms with Crippen molar-refractivity contribution in [1.82, 2.24) is 10.3 Å². The zero-order valence-electron chi connectivity index (χ0n) is 11.9. The predicted molar refractivity (Wildman–Crippen MR) is 75.7 cm³/mol. The SMILES string of the molecule is C[C@H](NC(=O)C(=O)Nc1cc(F)c(F)cc1F)c1cccnc1. The molecule has 23 heavy (non-hydrogen) atoms. The monoisotopic (exact) mass is 323 g/mol. The number of nitrogens with one attached hydrogen (secondary N) is 2. The zero-order valence-corrected chi connectivity index (χ0v) is 11.9. The molecular formula is C15H12F3N3O2. The molecule has 2 N–H and O–H groups in total. The second-order valence-corrected chi connectivity index (χ2v) is 4.68. The Morgan fingerprint density at radius 3 is 2.43 bits per heavy atom. The molecule has 2 amide bonds. The van der Waals surface area contributed by atoms with E-state index < -0.39 is 41.0 Å². The average Bonchev–Trinajstić information content (AvgIpc) is 2.53. The van der Waals surface area contributed by atoms with Gasteiger partial charge in [0.1, 0.15) is 5.82 Å². The maximum atomic E-state index is 13.4. The molecule has 0 aliphatic heterocycles. The van der Waals surface area contributed by atoms with Crippen LogP contribution in [-0.4, -0.2) is 16.8 Å². The summed E-state index contributed by atoms with van der Waals surface area (Å²) in [6.45, 7) is 1.63. The van der Waals surface area contributed by atoms with Crippen LogP contribution in [0, 0.1) is 17.5 Å². The highest BCUT2D eigenvalue weighted by atomic mass is 19.2. The quantitative estimate of drug-likeness (QED) is 0.673. The van der Waals surface area contributed by atoms with Gasteiger partial charge in [-0.2, -0.15) is 0 Å². The molecule has 2 aromatic rings. The molecule has 5 nitrogen and oxygen atoms in total. The van der Waals surface area contributed by atoms with Crippen LogP contribution in [0.4, 0.5) is 18.9 Å². The molecule has 8 heteroatoms. The second-order valence-electron chi connectivity index (χ2n) is 4.68. The van der Waals surface area contributed by atoms with E-state index in [1.807, 2.05) is 5.32 Å². The fraction of sp³-hybridized carbons (Fsp3) is 0.133. The van der Waals surface area contributed by atoms with Crippen molar-refractivity contribution in [3.05, 3.63) is 59.7 Å². The standard InChI is InChI=1S/C15H12F3N3O2/c1-8(9-3-2-4-19-7-9)20-14(22)15(23)21-13-6-11(17)10(16)5-12(13)18/h2-8H,1H3,(H,20,22)(H,21,23)/t8-/m0/s1. The topological polar surface area (TPSA) is 71.1 Å². The lowest BCUT2D eigenvalue weighted by atomic mass is 10.1. The van der Waals surface area contributed by atoms with Crippen LogP contribution in [0.15, 0.2) is 36.7 Å². The molecule has 1 aromatic heterocycles. The Morgan fingerprint density at radius 1 is 1.09 bits per heavy atom. The van der Waals surface area contributed by atoms with Gasteiger partial charge in [-0.25, -0.2) is 13.2 Å².